The lowest BCUT2D eigenvalue weighted by molar-refractivity contribution is -0.143. The standard InChI is InChI=1S/C24H31FN2O3S/c1-4-17(3)14-26(23(28)5-2)15-24(29)27-11-9-22-20(10-12-31-22)21(27)16-30-19-8-6-7-18(25)13-19/h6-8,10,12-13,17,21H,4-5,9,11,14-16H2,1-3H3. The second kappa shape index (κ2) is 10.8. The van der Waals surface area contributed by atoms with Gasteiger partial charge in [0.25, 0.3) is 0 Å². The van der Waals surface area contributed by atoms with Crippen LogP contribution in [0.1, 0.15) is 50.1 Å². The lowest BCUT2D eigenvalue weighted by atomic mass is 10.00. The van der Waals surface area contributed by atoms with Gasteiger partial charge in [0, 0.05) is 30.5 Å². The third kappa shape index (κ3) is 5.85. The predicted molar refractivity (Wildman–Crippen MR) is 121 cm³/mol. The molecule has 2 amide bonds. The Morgan fingerprint density at radius 3 is 2.84 bits per heavy atom. The molecule has 3 rings (SSSR count). The lowest BCUT2D eigenvalue weighted by Crippen LogP contribution is -2.48. The van der Waals surface area contributed by atoms with Gasteiger partial charge in [0.2, 0.25) is 11.8 Å². The minimum Gasteiger partial charge on any atom is -0.491 e. The fourth-order valence-corrected chi connectivity index (χ4v) is 4.77. The van der Waals surface area contributed by atoms with E-state index in [2.05, 4.69) is 13.8 Å². The van der Waals surface area contributed by atoms with Crippen LogP contribution in [0.3, 0.4) is 0 Å². The molecule has 5 nitrogen and oxygen atoms in total. The minimum absolute atomic E-state index is 0.00515. The van der Waals surface area contributed by atoms with Crippen molar-refractivity contribution in [2.24, 2.45) is 5.92 Å². The van der Waals surface area contributed by atoms with Crippen molar-refractivity contribution in [2.75, 3.05) is 26.2 Å². The van der Waals surface area contributed by atoms with Gasteiger partial charge in [0.15, 0.2) is 0 Å². The zero-order chi connectivity index (χ0) is 22.4. The summed E-state index contributed by atoms with van der Waals surface area (Å²) < 4.78 is 19.4. The first-order chi connectivity index (χ1) is 14.9. The monoisotopic (exact) mass is 446 g/mol. The molecule has 2 atom stereocenters. The predicted octanol–water partition coefficient (Wildman–Crippen LogP) is 4.68. The Hall–Kier alpha value is -2.41. The summed E-state index contributed by atoms with van der Waals surface area (Å²) >= 11 is 1.68. The summed E-state index contributed by atoms with van der Waals surface area (Å²) in [6.45, 7) is 7.49. The van der Waals surface area contributed by atoms with E-state index in [1.54, 1.807) is 28.4 Å². The summed E-state index contributed by atoms with van der Waals surface area (Å²) in [5, 5.41) is 2.03. The summed E-state index contributed by atoms with van der Waals surface area (Å²) in [7, 11) is 0. The van der Waals surface area contributed by atoms with Crippen LogP contribution in [-0.2, 0) is 16.0 Å². The van der Waals surface area contributed by atoms with Crippen LogP contribution in [0.4, 0.5) is 4.39 Å². The third-order valence-corrected chi connectivity index (χ3v) is 6.83. The number of carbonyl (C=O) groups is 2. The number of thiophene rings is 1. The second-order valence-electron chi connectivity index (χ2n) is 8.06. The average Bonchev–Trinajstić information content (AvgIpc) is 3.25. The number of carbonyl (C=O) groups excluding carboxylic acids is 2. The Labute approximate surface area is 187 Å². The Bertz CT molecular complexity index is 900. The number of benzene rings is 1. The molecule has 0 aliphatic carbocycles. The van der Waals surface area contributed by atoms with Crippen LogP contribution in [0, 0.1) is 11.7 Å². The minimum atomic E-state index is -0.357. The number of amides is 2. The van der Waals surface area contributed by atoms with E-state index >= 15 is 0 Å². The molecule has 0 saturated carbocycles. The Morgan fingerprint density at radius 2 is 2.13 bits per heavy atom. The van der Waals surface area contributed by atoms with E-state index < -0.39 is 0 Å². The molecule has 0 bridgehead atoms. The van der Waals surface area contributed by atoms with E-state index in [9.17, 15) is 14.0 Å². The Kier molecular flexibility index (Phi) is 8.07. The van der Waals surface area contributed by atoms with Crippen LogP contribution >= 0.6 is 11.3 Å². The third-order valence-electron chi connectivity index (χ3n) is 5.83. The van der Waals surface area contributed by atoms with Crippen molar-refractivity contribution in [1.29, 1.82) is 0 Å². The van der Waals surface area contributed by atoms with Crippen molar-refractivity contribution in [2.45, 2.75) is 46.1 Å². The molecule has 1 aliphatic heterocycles. The van der Waals surface area contributed by atoms with Crippen molar-refractivity contribution in [3.63, 3.8) is 0 Å². The Balaban J connectivity index is 1.76. The molecule has 0 radical (unpaired) electrons. The number of nitrogens with zero attached hydrogens (tertiary/aromatic N) is 2. The number of hydrogen-bond acceptors (Lipinski definition) is 4. The van der Waals surface area contributed by atoms with Gasteiger partial charge >= 0.3 is 0 Å². The first-order valence-electron chi connectivity index (χ1n) is 10.9. The van der Waals surface area contributed by atoms with Crippen LogP contribution in [0.5, 0.6) is 5.75 Å². The van der Waals surface area contributed by atoms with Gasteiger partial charge in [-0.2, -0.15) is 0 Å². The second-order valence-corrected chi connectivity index (χ2v) is 9.06. The summed E-state index contributed by atoms with van der Waals surface area (Å²) in [5.74, 6) is 0.336. The number of hydrogen-bond donors (Lipinski definition) is 0. The van der Waals surface area contributed by atoms with E-state index in [-0.39, 0.29) is 36.8 Å². The van der Waals surface area contributed by atoms with Gasteiger partial charge < -0.3 is 14.5 Å². The Morgan fingerprint density at radius 1 is 1.32 bits per heavy atom. The first kappa shape index (κ1) is 23.3. The van der Waals surface area contributed by atoms with Crippen molar-refractivity contribution in [3.8, 4) is 5.75 Å². The molecular formula is C24H31FN2O3S. The van der Waals surface area contributed by atoms with E-state index in [1.807, 2.05) is 23.3 Å². The maximum atomic E-state index is 13.5. The molecule has 1 aromatic carbocycles. The van der Waals surface area contributed by atoms with Crippen molar-refractivity contribution in [3.05, 3.63) is 52.0 Å². The zero-order valence-electron chi connectivity index (χ0n) is 18.5. The van der Waals surface area contributed by atoms with Gasteiger partial charge in [-0.3, -0.25) is 9.59 Å². The molecule has 1 aliphatic rings. The SMILES string of the molecule is CCC(=O)N(CC(=O)N1CCc2sccc2C1COc1cccc(F)c1)CC(C)CC. The van der Waals surface area contributed by atoms with Gasteiger partial charge in [0.1, 0.15) is 18.2 Å². The quantitative estimate of drug-likeness (QED) is 0.562. The van der Waals surface area contributed by atoms with Crippen molar-refractivity contribution < 1.29 is 18.7 Å². The van der Waals surface area contributed by atoms with Gasteiger partial charge in [-0.15, -0.1) is 11.3 Å². The average molecular weight is 447 g/mol. The number of halogens is 1. The van der Waals surface area contributed by atoms with Crippen LogP contribution in [0.2, 0.25) is 0 Å². The molecule has 0 N–H and O–H groups in total. The summed E-state index contributed by atoms with van der Waals surface area (Å²) in [5.41, 5.74) is 1.08. The summed E-state index contributed by atoms with van der Waals surface area (Å²) in [6.07, 6.45) is 2.13. The molecule has 1 aromatic heterocycles. The number of ether oxygens (including phenoxy) is 1. The molecule has 0 fully saturated rings. The van der Waals surface area contributed by atoms with Crippen LogP contribution in [-0.4, -0.2) is 47.9 Å². The molecule has 2 heterocycles. The van der Waals surface area contributed by atoms with E-state index in [4.69, 9.17) is 4.74 Å². The molecular weight excluding hydrogens is 415 g/mol. The van der Waals surface area contributed by atoms with Gasteiger partial charge in [-0.1, -0.05) is 33.3 Å². The number of rotatable bonds is 9. The molecule has 2 unspecified atom stereocenters. The largest absolute Gasteiger partial charge is 0.491 e. The normalized spacial score (nSPS) is 16.5. The highest BCUT2D eigenvalue weighted by molar-refractivity contribution is 7.10. The molecule has 7 heteroatoms. The molecule has 168 valence electrons. The van der Waals surface area contributed by atoms with Crippen molar-refractivity contribution >= 4 is 23.2 Å². The molecule has 0 saturated heterocycles. The van der Waals surface area contributed by atoms with Gasteiger partial charge in [0.05, 0.1) is 12.6 Å². The topological polar surface area (TPSA) is 49.9 Å². The molecule has 31 heavy (non-hydrogen) atoms. The van der Waals surface area contributed by atoms with Crippen LogP contribution in [0.25, 0.3) is 0 Å². The van der Waals surface area contributed by atoms with E-state index in [0.717, 1.165) is 18.4 Å². The zero-order valence-corrected chi connectivity index (χ0v) is 19.3. The molecule has 2 aromatic rings. The van der Waals surface area contributed by atoms with E-state index in [0.29, 0.717) is 31.2 Å². The smallest absolute Gasteiger partial charge is 0.242 e. The van der Waals surface area contributed by atoms with Gasteiger partial charge in [-0.25, -0.2) is 4.39 Å². The van der Waals surface area contributed by atoms with Crippen LogP contribution in [0.15, 0.2) is 35.7 Å². The fraction of sp³-hybridized carbons (Fsp3) is 0.500. The summed E-state index contributed by atoms with van der Waals surface area (Å²) in [6, 6.07) is 7.81. The molecule has 0 spiro atoms. The summed E-state index contributed by atoms with van der Waals surface area (Å²) in [4.78, 5) is 30.5. The fourth-order valence-electron chi connectivity index (χ4n) is 3.84. The van der Waals surface area contributed by atoms with Gasteiger partial charge in [-0.05, 0) is 41.5 Å². The highest BCUT2D eigenvalue weighted by atomic mass is 32.1. The van der Waals surface area contributed by atoms with Crippen LogP contribution < -0.4 is 4.74 Å². The maximum absolute atomic E-state index is 13.5. The highest BCUT2D eigenvalue weighted by Gasteiger charge is 2.33. The maximum Gasteiger partial charge on any atom is 0.242 e. The lowest BCUT2D eigenvalue weighted by Gasteiger charge is -2.37. The number of fused-ring (bicyclic) bond motifs is 1. The van der Waals surface area contributed by atoms with Crippen molar-refractivity contribution in [1.82, 2.24) is 9.80 Å². The van der Waals surface area contributed by atoms with E-state index in [1.165, 1.54) is 17.0 Å². The first-order valence-corrected chi connectivity index (χ1v) is 11.8. The highest BCUT2D eigenvalue weighted by Crippen LogP contribution is 2.34.